The number of rotatable bonds is 2. The average molecular weight is 324 g/mol. The summed E-state index contributed by atoms with van der Waals surface area (Å²) in [6, 6.07) is -0.278. The summed E-state index contributed by atoms with van der Waals surface area (Å²) in [6.45, 7) is 1.40. The number of amides is 1. The van der Waals surface area contributed by atoms with Crippen molar-refractivity contribution in [2.75, 3.05) is 13.1 Å². The Kier molecular flexibility index (Phi) is 3.25. The monoisotopic (exact) mass is 324 g/mol. The molecular formula is C14H20N4O3S. The van der Waals surface area contributed by atoms with Crippen LogP contribution in [0.15, 0.2) is 11.5 Å². The van der Waals surface area contributed by atoms with Crippen LogP contribution in [0.5, 0.6) is 0 Å². The molecule has 120 valence electrons. The van der Waals surface area contributed by atoms with Crippen LogP contribution in [-0.4, -0.2) is 52.5 Å². The first-order chi connectivity index (χ1) is 10.6. The molecule has 2 aliphatic carbocycles. The van der Waals surface area contributed by atoms with Crippen LogP contribution in [-0.2, 0) is 9.84 Å². The maximum atomic E-state index is 12.7. The zero-order valence-corrected chi connectivity index (χ0v) is 13.2. The van der Waals surface area contributed by atoms with Gasteiger partial charge in [-0.3, -0.25) is 0 Å². The predicted octanol–water partition coefficient (Wildman–Crippen LogP) is 1.30. The van der Waals surface area contributed by atoms with E-state index in [9.17, 15) is 13.2 Å². The Morgan fingerprint density at radius 3 is 2.59 bits per heavy atom. The van der Waals surface area contributed by atoms with Crippen molar-refractivity contribution in [2.24, 2.45) is 11.8 Å². The van der Waals surface area contributed by atoms with Gasteiger partial charge in [0.1, 0.15) is 6.33 Å². The zero-order valence-electron chi connectivity index (χ0n) is 12.4. The highest BCUT2D eigenvalue weighted by Crippen LogP contribution is 2.48. The van der Waals surface area contributed by atoms with Crippen molar-refractivity contribution < 1.29 is 13.2 Å². The van der Waals surface area contributed by atoms with Crippen molar-refractivity contribution in [3.05, 3.63) is 6.33 Å². The molecule has 1 saturated heterocycles. The van der Waals surface area contributed by atoms with E-state index in [-0.39, 0.29) is 22.4 Å². The van der Waals surface area contributed by atoms with Crippen LogP contribution >= 0.6 is 0 Å². The van der Waals surface area contributed by atoms with Crippen molar-refractivity contribution in [3.8, 4) is 0 Å². The Morgan fingerprint density at radius 1 is 1.18 bits per heavy atom. The quantitative estimate of drug-likeness (QED) is 0.818. The number of nitrogens with zero attached hydrogens (tertiary/aromatic N) is 4. The van der Waals surface area contributed by atoms with Gasteiger partial charge in [-0.05, 0) is 43.9 Å². The summed E-state index contributed by atoms with van der Waals surface area (Å²) in [4.78, 5) is 17.8. The lowest BCUT2D eigenvalue weighted by atomic mass is 10.0. The molecule has 0 N–H and O–H groups in total. The van der Waals surface area contributed by atoms with E-state index < -0.39 is 9.84 Å². The second-order valence-electron chi connectivity index (χ2n) is 6.71. The van der Waals surface area contributed by atoms with Gasteiger partial charge < -0.3 is 4.90 Å². The molecule has 0 radical (unpaired) electrons. The van der Waals surface area contributed by atoms with Gasteiger partial charge in [0.2, 0.25) is 9.84 Å². The summed E-state index contributed by atoms with van der Waals surface area (Å²) in [6.07, 6.45) is 7.07. The number of carbonyl (C=O) groups is 1. The molecule has 8 heteroatoms. The highest BCUT2D eigenvalue weighted by molar-refractivity contribution is 7.91. The summed E-state index contributed by atoms with van der Waals surface area (Å²) >= 11 is 0. The van der Waals surface area contributed by atoms with Gasteiger partial charge in [0.15, 0.2) is 0 Å². The van der Waals surface area contributed by atoms with Crippen LogP contribution in [0.25, 0.3) is 0 Å². The van der Waals surface area contributed by atoms with Gasteiger partial charge in [-0.15, -0.1) is 5.10 Å². The third-order valence-corrected chi connectivity index (χ3v) is 7.44. The topological polar surface area (TPSA) is 85.2 Å². The number of sulfone groups is 1. The first kappa shape index (κ1) is 14.2. The Morgan fingerprint density at radius 2 is 1.95 bits per heavy atom. The molecule has 7 nitrogen and oxygen atoms in total. The van der Waals surface area contributed by atoms with Crippen LogP contribution in [0.1, 0.15) is 38.5 Å². The second kappa shape index (κ2) is 5.04. The molecule has 0 aromatic carbocycles. The van der Waals surface area contributed by atoms with Crippen molar-refractivity contribution in [1.29, 1.82) is 0 Å². The molecule has 3 fully saturated rings. The maximum absolute atomic E-state index is 12.7. The SMILES string of the molecule is O=C(N1CCCC1)n1cnc(S(=O)(=O)[C@@H]2C[C@@H]3CC[C@@H]2C3)n1. The second-order valence-corrected chi connectivity index (χ2v) is 8.77. The average Bonchev–Trinajstić information content (AvgIpc) is 3.30. The van der Waals surface area contributed by atoms with E-state index in [2.05, 4.69) is 10.1 Å². The molecule has 1 aromatic heterocycles. The summed E-state index contributed by atoms with van der Waals surface area (Å²) in [5, 5.41) is 3.44. The molecule has 1 aliphatic heterocycles. The van der Waals surface area contributed by atoms with Crippen molar-refractivity contribution in [3.63, 3.8) is 0 Å². The molecule has 1 aromatic rings. The molecule has 22 heavy (non-hydrogen) atoms. The van der Waals surface area contributed by atoms with Crippen LogP contribution in [0.4, 0.5) is 4.79 Å². The number of fused-ring (bicyclic) bond motifs is 2. The van der Waals surface area contributed by atoms with Gasteiger partial charge >= 0.3 is 6.03 Å². The standard InChI is InChI=1S/C14H20N4O3S/c19-14(17-5-1-2-6-17)18-9-15-13(16-18)22(20,21)12-8-10-3-4-11(12)7-10/h9-12H,1-8H2/t10-,11-,12-/m1/s1. The third-order valence-electron chi connectivity index (χ3n) is 5.37. The van der Waals surface area contributed by atoms with E-state index in [1.807, 2.05) is 0 Å². The number of hydrogen-bond acceptors (Lipinski definition) is 5. The van der Waals surface area contributed by atoms with Gasteiger partial charge in [-0.1, -0.05) is 6.42 Å². The molecule has 2 heterocycles. The minimum atomic E-state index is -3.52. The lowest BCUT2D eigenvalue weighted by Crippen LogP contribution is -2.33. The molecule has 2 bridgehead atoms. The normalized spacial score (nSPS) is 31.1. The number of aromatic nitrogens is 3. The Hall–Kier alpha value is -1.44. The fourth-order valence-corrected chi connectivity index (χ4v) is 6.17. The van der Waals surface area contributed by atoms with Gasteiger partial charge in [0, 0.05) is 13.1 Å². The molecule has 2 saturated carbocycles. The van der Waals surface area contributed by atoms with Gasteiger partial charge in [-0.2, -0.15) is 4.68 Å². The summed E-state index contributed by atoms with van der Waals surface area (Å²) < 4.78 is 26.5. The van der Waals surface area contributed by atoms with E-state index in [1.165, 1.54) is 6.33 Å². The lowest BCUT2D eigenvalue weighted by Gasteiger charge is -2.19. The van der Waals surface area contributed by atoms with Gasteiger partial charge in [0.25, 0.3) is 5.16 Å². The van der Waals surface area contributed by atoms with Crippen molar-refractivity contribution in [1.82, 2.24) is 19.7 Å². The first-order valence-corrected chi connectivity index (χ1v) is 9.55. The molecule has 0 spiro atoms. The Labute approximate surface area is 129 Å². The molecule has 3 atom stereocenters. The largest absolute Gasteiger partial charge is 0.346 e. The molecule has 0 unspecified atom stereocenters. The maximum Gasteiger partial charge on any atom is 0.346 e. The summed E-state index contributed by atoms with van der Waals surface area (Å²) in [5.41, 5.74) is 0. The first-order valence-electron chi connectivity index (χ1n) is 8.00. The van der Waals surface area contributed by atoms with Crippen molar-refractivity contribution >= 4 is 15.9 Å². The van der Waals surface area contributed by atoms with Crippen LogP contribution in [0, 0.1) is 11.8 Å². The highest BCUT2D eigenvalue weighted by atomic mass is 32.2. The highest BCUT2D eigenvalue weighted by Gasteiger charge is 2.47. The summed E-state index contributed by atoms with van der Waals surface area (Å²) in [5.74, 6) is 0.786. The minimum absolute atomic E-state index is 0.183. The molecule has 4 rings (SSSR count). The van der Waals surface area contributed by atoms with E-state index in [4.69, 9.17) is 0 Å². The number of likely N-dealkylation sites (tertiary alicyclic amines) is 1. The minimum Gasteiger partial charge on any atom is -0.323 e. The van der Waals surface area contributed by atoms with E-state index in [1.54, 1.807) is 4.90 Å². The lowest BCUT2D eigenvalue weighted by molar-refractivity contribution is 0.207. The predicted molar refractivity (Wildman–Crippen MR) is 78.0 cm³/mol. The van der Waals surface area contributed by atoms with E-state index in [0.717, 1.165) is 43.2 Å². The van der Waals surface area contributed by atoms with Crippen LogP contribution < -0.4 is 0 Å². The van der Waals surface area contributed by atoms with Gasteiger partial charge in [-0.25, -0.2) is 18.2 Å². The van der Waals surface area contributed by atoms with Crippen LogP contribution in [0.2, 0.25) is 0 Å². The zero-order chi connectivity index (χ0) is 15.3. The number of hydrogen-bond donors (Lipinski definition) is 0. The molecular weight excluding hydrogens is 304 g/mol. The third kappa shape index (κ3) is 2.15. The number of carbonyl (C=O) groups excluding carboxylic acids is 1. The molecule has 1 amide bonds. The fraction of sp³-hybridized carbons (Fsp3) is 0.786. The fourth-order valence-electron chi connectivity index (χ4n) is 4.23. The van der Waals surface area contributed by atoms with Crippen molar-refractivity contribution in [2.45, 2.75) is 48.9 Å². The van der Waals surface area contributed by atoms with E-state index >= 15 is 0 Å². The summed E-state index contributed by atoms with van der Waals surface area (Å²) in [7, 11) is -3.52. The van der Waals surface area contributed by atoms with E-state index in [0.29, 0.717) is 19.0 Å². The molecule has 3 aliphatic rings. The Balaban J connectivity index is 1.57. The van der Waals surface area contributed by atoms with Crippen LogP contribution in [0.3, 0.4) is 0 Å². The Bertz CT molecular complexity index is 693. The smallest absolute Gasteiger partial charge is 0.323 e. The van der Waals surface area contributed by atoms with Gasteiger partial charge in [0.05, 0.1) is 5.25 Å².